The third kappa shape index (κ3) is 2.18. The van der Waals surface area contributed by atoms with Crippen molar-refractivity contribution in [3.63, 3.8) is 0 Å². The van der Waals surface area contributed by atoms with Crippen LogP contribution in [0, 0.1) is 0 Å². The molecule has 0 spiro atoms. The summed E-state index contributed by atoms with van der Waals surface area (Å²) in [5, 5.41) is 4.23. The Labute approximate surface area is 110 Å². The van der Waals surface area contributed by atoms with Crippen molar-refractivity contribution in [2.75, 3.05) is 7.11 Å². The fourth-order valence-corrected chi connectivity index (χ4v) is 2.70. The van der Waals surface area contributed by atoms with Crippen molar-refractivity contribution in [2.24, 2.45) is 0 Å². The number of ether oxygens (including phenoxy) is 1. The van der Waals surface area contributed by atoms with Gasteiger partial charge in [-0.15, -0.1) is 5.10 Å². The van der Waals surface area contributed by atoms with Crippen LogP contribution in [0.3, 0.4) is 0 Å². The quantitative estimate of drug-likeness (QED) is 0.772. The number of carbonyl (C=O) groups excluding carboxylic acids is 1. The first-order chi connectivity index (χ1) is 9.29. The first kappa shape index (κ1) is 12.1. The molecule has 1 saturated carbocycles. The molecule has 2 heterocycles. The summed E-state index contributed by atoms with van der Waals surface area (Å²) in [5.74, 6) is 0.480. The van der Waals surface area contributed by atoms with Crippen molar-refractivity contribution < 1.29 is 9.53 Å². The number of hydrogen-bond donors (Lipinski definition) is 0. The predicted molar refractivity (Wildman–Crippen MR) is 67.9 cm³/mol. The van der Waals surface area contributed by atoms with Gasteiger partial charge in [0, 0.05) is 12.1 Å². The summed E-state index contributed by atoms with van der Waals surface area (Å²) in [4.78, 5) is 19.7. The van der Waals surface area contributed by atoms with Crippen LogP contribution in [-0.4, -0.2) is 32.7 Å². The number of hydrogen-bond acceptors (Lipinski definition) is 5. The lowest BCUT2D eigenvalue weighted by Crippen LogP contribution is -2.11. The summed E-state index contributed by atoms with van der Waals surface area (Å²) in [7, 11) is 1.32. The summed E-state index contributed by atoms with van der Waals surface area (Å²) in [6.45, 7) is 0. The highest BCUT2D eigenvalue weighted by atomic mass is 16.5. The number of aromatic nitrogens is 4. The average molecular weight is 260 g/mol. The Bertz CT molecular complexity index is 602. The summed E-state index contributed by atoms with van der Waals surface area (Å²) in [5.41, 5.74) is 1.09. The molecule has 100 valence electrons. The Morgan fingerprint density at radius 3 is 2.89 bits per heavy atom. The summed E-state index contributed by atoms with van der Waals surface area (Å²) in [6.07, 6.45) is 7.84. The number of nitrogens with zero attached hydrogens (tertiary/aromatic N) is 4. The van der Waals surface area contributed by atoms with Gasteiger partial charge in [0.1, 0.15) is 0 Å². The predicted octanol–water partition coefficient (Wildman–Crippen LogP) is 1.96. The molecule has 0 N–H and O–H groups in total. The molecule has 0 aromatic carbocycles. The topological polar surface area (TPSA) is 69.4 Å². The zero-order valence-electron chi connectivity index (χ0n) is 10.9. The zero-order chi connectivity index (χ0) is 13.2. The van der Waals surface area contributed by atoms with E-state index in [-0.39, 0.29) is 5.82 Å². The highest BCUT2D eigenvalue weighted by Gasteiger charge is 2.21. The second kappa shape index (κ2) is 4.95. The van der Waals surface area contributed by atoms with Crippen LogP contribution in [0.25, 0.3) is 5.78 Å². The van der Waals surface area contributed by atoms with Crippen LogP contribution >= 0.6 is 0 Å². The van der Waals surface area contributed by atoms with Crippen molar-refractivity contribution in [2.45, 2.75) is 38.0 Å². The van der Waals surface area contributed by atoms with E-state index in [2.05, 4.69) is 19.8 Å². The van der Waals surface area contributed by atoms with Gasteiger partial charge < -0.3 is 4.74 Å². The molecule has 0 saturated heterocycles. The molecule has 2 aromatic heterocycles. The lowest BCUT2D eigenvalue weighted by atomic mass is 9.87. The molecule has 1 aliphatic carbocycles. The fourth-order valence-electron chi connectivity index (χ4n) is 2.70. The molecular formula is C13H16N4O2. The van der Waals surface area contributed by atoms with Crippen molar-refractivity contribution in [3.05, 3.63) is 23.8 Å². The molecule has 1 aliphatic rings. The van der Waals surface area contributed by atoms with Crippen molar-refractivity contribution >= 4 is 11.7 Å². The highest BCUT2D eigenvalue weighted by molar-refractivity contribution is 5.85. The number of esters is 1. The molecule has 0 amide bonds. The summed E-state index contributed by atoms with van der Waals surface area (Å²) < 4.78 is 6.33. The van der Waals surface area contributed by atoms with Gasteiger partial charge in [-0.05, 0) is 18.9 Å². The minimum absolute atomic E-state index is 0.0678. The summed E-state index contributed by atoms with van der Waals surface area (Å²) in [6, 6.07) is 1.97. The largest absolute Gasteiger partial charge is 0.463 e. The molecule has 0 unspecified atom stereocenters. The summed E-state index contributed by atoms with van der Waals surface area (Å²) >= 11 is 0. The van der Waals surface area contributed by atoms with Gasteiger partial charge in [0.25, 0.3) is 11.6 Å². The Balaban J connectivity index is 2.04. The molecule has 6 heteroatoms. The molecule has 0 bridgehead atoms. The zero-order valence-corrected chi connectivity index (χ0v) is 10.9. The number of fused-ring (bicyclic) bond motifs is 1. The Kier molecular flexibility index (Phi) is 3.15. The van der Waals surface area contributed by atoms with E-state index in [4.69, 9.17) is 0 Å². The maximum absolute atomic E-state index is 11.5. The average Bonchev–Trinajstić information content (AvgIpc) is 2.91. The van der Waals surface area contributed by atoms with E-state index >= 15 is 0 Å². The fraction of sp³-hybridized carbons (Fsp3) is 0.538. The first-order valence-electron chi connectivity index (χ1n) is 6.59. The van der Waals surface area contributed by atoms with Gasteiger partial charge in [-0.3, -0.25) is 0 Å². The van der Waals surface area contributed by atoms with Crippen molar-refractivity contribution in [1.29, 1.82) is 0 Å². The molecule has 1 fully saturated rings. The minimum atomic E-state index is -0.528. The lowest BCUT2D eigenvalue weighted by molar-refractivity contribution is 0.0587. The smallest absolute Gasteiger partial charge is 0.378 e. The molecule has 6 nitrogen and oxygen atoms in total. The monoisotopic (exact) mass is 260 g/mol. The van der Waals surface area contributed by atoms with Crippen LogP contribution < -0.4 is 0 Å². The van der Waals surface area contributed by atoms with Gasteiger partial charge in [-0.25, -0.2) is 14.3 Å². The first-order valence-corrected chi connectivity index (χ1v) is 6.59. The van der Waals surface area contributed by atoms with Gasteiger partial charge in [0.15, 0.2) is 0 Å². The maximum Gasteiger partial charge on any atom is 0.378 e. The van der Waals surface area contributed by atoms with Gasteiger partial charge in [0.2, 0.25) is 0 Å². The molecule has 2 aromatic rings. The second-order valence-corrected chi connectivity index (χ2v) is 4.84. The van der Waals surface area contributed by atoms with E-state index in [9.17, 15) is 4.79 Å². The van der Waals surface area contributed by atoms with E-state index in [0.29, 0.717) is 11.7 Å². The third-order valence-corrected chi connectivity index (χ3v) is 3.66. The SMILES string of the molecule is COC(=O)c1nc2nccc(C3CCCCC3)n2n1. The van der Waals surface area contributed by atoms with Gasteiger partial charge >= 0.3 is 5.97 Å². The standard InChI is InChI=1S/C13H16N4O2/c1-19-12(18)11-15-13-14-8-7-10(17(13)16-11)9-5-3-2-4-6-9/h7-9H,2-6H2,1H3. The Hall–Kier alpha value is -1.98. The Morgan fingerprint density at radius 2 is 2.16 bits per heavy atom. The molecular weight excluding hydrogens is 244 g/mol. The second-order valence-electron chi connectivity index (χ2n) is 4.84. The Morgan fingerprint density at radius 1 is 1.37 bits per heavy atom. The molecule has 3 rings (SSSR count). The van der Waals surface area contributed by atoms with E-state index in [1.807, 2.05) is 6.07 Å². The van der Waals surface area contributed by atoms with E-state index < -0.39 is 5.97 Å². The molecule has 0 aliphatic heterocycles. The van der Waals surface area contributed by atoms with Gasteiger partial charge in [-0.1, -0.05) is 19.3 Å². The molecule has 19 heavy (non-hydrogen) atoms. The van der Waals surface area contributed by atoms with Crippen LogP contribution in [0.5, 0.6) is 0 Å². The third-order valence-electron chi connectivity index (χ3n) is 3.66. The van der Waals surface area contributed by atoms with Crippen LogP contribution in [-0.2, 0) is 4.74 Å². The highest BCUT2D eigenvalue weighted by Crippen LogP contribution is 2.32. The minimum Gasteiger partial charge on any atom is -0.463 e. The van der Waals surface area contributed by atoms with E-state index in [1.165, 1.54) is 26.4 Å². The van der Waals surface area contributed by atoms with Crippen molar-refractivity contribution in [3.8, 4) is 0 Å². The molecule has 0 atom stereocenters. The number of rotatable bonds is 2. The van der Waals surface area contributed by atoms with Crippen LogP contribution in [0.1, 0.15) is 54.3 Å². The normalized spacial score (nSPS) is 16.7. The maximum atomic E-state index is 11.5. The van der Waals surface area contributed by atoms with Crippen LogP contribution in [0.15, 0.2) is 12.3 Å². The van der Waals surface area contributed by atoms with Crippen LogP contribution in [0.4, 0.5) is 0 Å². The van der Waals surface area contributed by atoms with Gasteiger partial charge in [-0.2, -0.15) is 4.98 Å². The number of carbonyl (C=O) groups is 1. The lowest BCUT2D eigenvalue weighted by Gasteiger charge is -2.21. The van der Waals surface area contributed by atoms with E-state index in [1.54, 1.807) is 10.7 Å². The van der Waals surface area contributed by atoms with Crippen molar-refractivity contribution in [1.82, 2.24) is 19.6 Å². The number of methoxy groups -OCH3 is 1. The van der Waals surface area contributed by atoms with E-state index in [0.717, 1.165) is 18.5 Å². The molecule has 0 radical (unpaired) electrons. The van der Waals surface area contributed by atoms with Crippen LogP contribution in [0.2, 0.25) is 0 Å². The van der Waals surface area contributed by atoms with Gasteiger partial charge in [0.05, 0.1) is 12.8 Å².